The maximum atomic E-state index is 12.1. The molecule has 0 fully saturated rings. The molecule has 0 aliphatic heterocycles. The van der Waals surface area contributed by atoms with Crippen molar-refractivity contribution in [1.29, 1.82) is 0 Å². The van der Waals surface area contributed by atoms with Crippen molar-refractivity contribution in [3.63, 3.8) is 0 Å². The zero-order valence-electron chi connectivity index (χ0n) is 11.3. The van der Waals surface area contributed by atoms with E-state index in [4.69, 9.17) is 5.73 Å². The van der Waals surface area contributed by atoms with Crippen molar-refractivity contribution in [3.8, 4) is 0 Å². The number of para-hydroxylation sites is 1. The second-order valence-electron chi connectivity index (χ2n) is 4.05. The van der Waals surface area contributed by atoms with Gasteiger partial charge in [0.15, 0.2) is 4.90 Å². The molecular weight excluding hydrogens is 300 g/mol. The molecule has 0 aliphatic rings. The number of nitro groups is 1. The Morgan fingerprint density at radius 2 is 2.10 bits per heavy atom. The highest BCUT2D eigenvalue weighted by Crippen LogP contribution is 2.31. The minimum Gasteiger partial charge on any atom is -0.380 e. The maximum absolute atomic E-state index is 12.1. The molecule has 0 aromatic heterocycles. The molecule has 0 heterocycles. The first-order valence-corrected chi connectivity index (χ1v) is 7.57. The fraction of sp³-hybridized carbons (Fsp3) is 0.364. The van der Waals surface area contributed by atoms with Crippen LogP contribution in [0.25, 0.3) is 0 Å². The lowest BCUT2D eigenvalue weighted by atomic mass is 10.2. The summed E-state index contributed by atoms with van der Waals surface area (Å²) >= 11 is 0. The van der Waals surface area contributed by atoms with Crippen LogP contribution in [0, 0.1) is 10.1 Å². The summed E-state index contributed by atoms with van der Waals surface area (Å²) in [4.78, 5) is 20.5. The summed E-state index contributed by atoms with van der Waals surface area (Å²) < 4.78 is 26.3. The largest absolute Gasteiger partial charge is 0.380 e. The first-order valence-electron chi connectivity index (χ1n) is 6.08. The predicted octanol–water partition coefficient (Wildman–Crippen LogP) is 0.180. The van der Waals surface area contributed by atoms with Crippen LogP contribution in [0.5, 0.6) is 0 Å². The summed E-state index contributed by atoms with van der Waals surface area (Å²) in [6, 6.07) is 3.95. The van der Waals surface area contributed by atoms with Gasteiger partial charge in [-0.3, -0.25) is 14.9 Å². The summed E-state index contributed by atoms with van der Waals surface area (Å²) in [5.41, 5.74) is 4.49. The molecule has 0 atom stereocenters. The minimum absolute atomic E-state index is 0.111. The van der Waals surface area contributed by atoms with Gasteiger partial charge in [-0.15, -0.1) is 0 Å². The fourth-order valence-corrected chi connectivity index (χ4v) is 2.87. The summed E-state index contributed by atoms with van der Waals surface area (Å²) in [5, 5.41) is 13.9. The van der Waals surface area contributed by atoms with Crippen molar-refractivity contribution in [1.82, 2.24) is 4.72 Å². The van der Waals surface area contributed by atoms with Crippen LogP contribution < -0.4 is 15.8 Å². The Kier molecular flexibility index (Phi) is 5.61. The molecule has 1 rings (SSSR count). The third-order valence-electron chi connectivity index (χ3n) is 2.50. The van der Waals surface area contributed by atoms with Crippen LogP contribution in [-0.4, -0.2) is 32.3 Å². The summed E-state index contributed by atoms with van der Waals surface area (Å²) in [7, 11) is -4.11. The van der Waals surface area contributed by atoms with Gasteiger partial charge in [0.25, 0.3) is 0 Å². The highest BCUT2D eigenvalue weighted by Gasteiger charge is 2.28. The zero-order valence-corrected chi connectivity index (χ0v) is 12.1. The van der Waals surface area contributed by atoms with Gasteiger partial charge >= 0.3 is 5.69 Å². The van der Waals surface area contributed by atoms with E-state index in [0.29, 0.717) is 6.54 Å². The molecule has 0 unspecified atom stereocenters. The molecule has 9 nitrogen and oxygen atoms in total. The van der Waals surface area contributed by atoms with Crippen LogP contribution in [0.2, 0.25) is 0 Å². The molecule has 0 aliphatic carbocycles. The smallest absolute Gasteiger partial charge is 0.312 e. The van der Waals surface area contributed by atoms with E-state index in [1.165, 1.54) is 12.1 Å². The monoisotopic (exact) mass is 316 g/mol. The van der Waals surface area contributed by atoms with Gasteiger partial charge in [-0.25, -0.2) is 13.1 Å². The van der Waals surface area contributed by atoms with E-state index in [2.05, 4.69) is 10.0 Å². The number of anilines is 1. The molecule has 1 aromatic carbocycles. The number of hydrogen-bond acceptors (Lipinski definition) is 6. The van der Waals surface area contributed by atoms with Gasteiger partial charge < -0.3 is 11.1 Å². The van der Waals surface area contributed by atoms with Gasteiger partial charge in [0, 0.05) is 19.5 Å². The number of benzene rings is 1. The average Bonchev–Trinajstić information content (AvgIpc) is 2.37. The Bertz CT molecular complexity index is 644. The Morgan fingerprint density at radius 3 is 2.62 bits per heavy atom. The van der Waals surface area contributed by atoms with E-state index in [1.807, 2.05) is 0 Å². The number of nitro benzene ring substituents is 1. The van der Waals surface area contributed by atoms with Gasteiger partial charge in [0.1, 0.15) is 5.69 Å². The molecule has 116 valence electrons. The third kappa shape index (κ3) is 4.39. The van der Waals surface area contributed by atoms with E-state index in [-0.39, 0.29) is 18.7 Å². The van der Waals surface area contributed by atoms with Crippen molar-refractivity contribution in [2.75, 3.05) is 18.4 Å². The lowest BCUT2D eigenvalue weighted by Gasteiger charge is -2.10. The van der Waals surface area contributed by atoms with Crippen LogP contribution in [-0.2, 0) is 14.8 Å². The number of nitrogens with one attached hydrogen (secondary N) is 2. The quantitative estimate of drug-likeness (QED) is 0.461. The maximum Gasteiger partial charge on any atom is 0.312 e. The lowest BCUT2D eigenvalue weighted by molar-refractivity contribution is -0.386. The molecule has 21 heavy (non-hydrogen) atoms. The molecule has 0 saturated carbocycles. The number of amides is 1. The number of primary amides is 1. The van der Waals surface area contributed by atoms with Gasteiger partial charge in [-0.1, -0.05) is 6.07 Å². The number of carbonyl (C=O) groups excluding carboxylic acids is 1. The fourth-order valence-electron chi connectivity index (χ4n) is 1.65. The first kappa shape index (κ1) is 16.9. The van der Waals surface area contributed by atoms with E-state index in [9.17, 15) is 23.3 Å². The van der Waals surface area contributed by atoms with Crippen LogP contribution in [0.15, 0.2) is 23.1 Å². The van der Waals surface area contributed by atoms with E-state index < -0.39 is 31.4 Å². The molecule has 0 spiro atoms. The lowest BCUT2D eigenvalue weighted by Crippen LogP contribution is -2.28. The first-order chi connectivity index (χ1) is 9.79. The SMILES string of the molecule is CCNc1cccc(S(=O)(=O)NCCC(N)=O)c1[N+](=O)[O-]. The number of hydrogen-bond donors (Lipinski definition) is 3. The van der Waals surface area contributed by atoms with Crippen LogP contribution in [0.3, 0.4) is 0 Å². The minimum atomic E-state index is -4.11. The molecule has 0 radical (unpaired) electrons. The van der Waals surface area contributed by atoms with Gasteiger partial charge in [0.2, 0.25) is 15.9 Å². The Morgan fingerprint density at radius 1 is 1.43 bits per heavy atom. The van der Waals surface area contributed by atoms with Gasteiger partial charge in [0.05, 0.1) is 4.92 Å². The van der Waals surface area contributed by atoms with Gasteiger partial charge in [-0.2, -0.15) is 0 Å². The predicted molar refractivity (Wildman–Crippen MR) is 76.3 cm³/mol. The van der Waals surface area contributed by atoms with E-state index in [1.54, 1.807) is 6.92 Å². The summed E-state index contributed by atoms with van der Waals surface area (Å²) in [6.45, 7) is 1.91. The standard InChI is InChI=1S/C11H16N4O5S/c1-2-13-8-4-3-5-9(11(8)15(17)18)21(19,20)14-7-6-10(12)16/h3-5,13-14H,2,6-7H2,1H3,(H2,12,16). The highest BCUT2D eigenvalue weighted by atomic mass is 32.2. The van der Waals surface area contributed by atoms with E-state index >= 15 is 0 Å². The Balaban J connectivity index is 3.19. The average molecular weight is 316 g/mol. The van der Waals surface area contributed by atoms with E-state index in [0.717, 1.165) is 6.07 Å². The zero-order chi connectivity index (χ0) is 16.0. The van der Waals surface area contributed by atoms with Crippen LogP contribution in [0.4, 0.5) is 11.4 Å². The Hall–Kier alpha value is -2.20. The molecule has 1 amide bonds. The normalized spacial score (nSPS) is 11.1. The molecule has 10 heteroatoms. The van der Waals surface area contributed by atoms with Crippen LogP contribution >= 0.6 is 0 Å². The number of nitrogens with zero attached hydrogens (tertiary/aromatic N) is 1. The topological polar surface area (TPSA) is 144 Å². The summed E-state index contributed by atoms with van der Waals surface area (Å²) in [5.74, 6) is -0.673. The highest BCUT2D eigenvalue weighted by molar-refractivity contribution is 7.89. The van der Waals surface area contributed by atoms with Crippen molar-refractivity contribution in [3.05, 3.63) is 28.3 Å². The molecular formula is C11H16N4O5S. The third-order valence-corrected chi connectivity index (χ3v) is 3.99. The second-order valence-corrected chi connectivity index (χ2v) is 5.79. The molecule has 0 bridgehead atoms. The number of rotatable bonds is 8. The molecule has 0 saturated heterocycles. The van der Waals surface area contributed by atoms with Crippen LogP contribution in [0.1, 0.15) is 13.3 Å². The van der Waals surface area contributed by atoms with Crippen molar-refractivity contribution < 1.29 is 18.1 Å². The molecule has 4 N–H and O–H groups in total. The number of carbonyl (C=O) groups is 1. The van der Waals surface area contributed by atoms with Gasteiger partial charge in [-0.05, 0) is 19.1 Å². The molecule has 1 aromatic rings. The van der Waals surface area contributed by atoms with Crippen molar-refractivity contribution in [2.24, 2.45) is 5.73 Å². The number of sulfonamides is 1. The van der Waals surface area contributed by atoms with Crippen molar-refractivity contribution in [2.45, 2.75) is 18.2 Å². The van der Waals surface area contributed by atoms with Crippen molar-refractivity contribution >= 4 is 27.3 Å². The summed E-state index contributed by atoms with van der Waals surface area (Å²) in [6.07, 6.45) is -0.195. The Labute approximate surface area is 121 Å². The second kappa shape index (κ2) is 6.99. The number of nitrogens with two attached hydrogens (primary N) is 1.